The molecule has 0 atom stereocenters. The number of piperidine rings is 1. The lowest BCUT2D eigenvalue weighted by atomic mass is 10.0. The number of nitrogens with one attached hydrogen (secondary N) is 2. The third-order valence-electron chi connectivity index (χ3n) is 6.34. The lowest BCUT2D eigenvalue weighted by Crippen LogP contribution is -2.45. The highest BCUT2D eigenvalue weighted by Gasteiger charge is 2.26. The van der Waals surface area contributed by atoms with Gasteiger partial charge in [0.25, 0.3) is 5.91 Å². The van der Waals surface area contributed by atoms with Crippen LogP contribution in [0.3, 0.4) is 0 Å². The predicted octanol–water partition coefficient (Wildman–Crippen LogP) is 2.60. The van der Waals surface area contributed by atoms with Crippen LogP contribution in [0, 0.1) is 5.82 Å². The van der Waals surface area contributed by atoms with E-state index in [0.29, 0.717) is 38.0 Å². The van der Waals surface area contributed by atoms with Gasteiger partial charge in [-0.1, -0.05) is 12.1 Å². The van der Waals surface area contributed by atoms with Crippen molar-refractivity contribution >= 4 is 21.6 Å². The lowest BCUT2D eigenvalue weighted by Gasteiger charge is -2.34. The molecule has 2 aliphatic rings. The van der Waals surface area contributed by atoms with Crippen LogP contribution < -0.4 is 14.9 Å². The average molecular weight is 475 g/mol. The van der Waals surface area contributed by atoms with Crippen LogP contribution in [0.2, 0.25) is 0 Å². The molecule has 2 heterocycles. The fourth-order valence-electron chi connectivity index (χ4n) is 4.51. The average Bonchev–Trinajstić information content (AvgIpc) is 3.33. The number of sulfonamides is 1. The van der Waals surface area contributed by atoms with Crippen LogP contribution in [0.4, 0.5) is 10.1 Å². The Morgan fingerprint density at radius 2 is 1.64 bits per heavy atom. The molecule has 7 nitrogen and oxygen atoms in total. The van der Waals surface area contributed by atoms with Gasteiger partial charge >= 0.3 is 0 Å². The number of anilines is 1. The Hall–Kier alpha value is -2.49. The van der Waals surface area contributed by atoms with E-state index in [2.05, 4.69) is 19.8 Å². The van der Waals surface area contributed by atoms with Crippen molar-refractivity contribution in [3.63, 3.8) is 0 Å². The Labute approximate surface area is 195 Å². The van der Waals surface area contributed by atoms with Gasteiger partial charge in [0.15, 0.2) is 0 Å². The first-order chi connectivity index (χ1) is 15.9. The molecule has 1 amide bonds. The Balaban J connectivity index is 1.33. The number of rotatable bonds is 8. The minimum absolute atomic E-state index is 0.0577. The van der Waals surface area contributed by atoms with Crippen LogP contribution in [-0.2, 0) is 10.0 Å². The monoisotopic (exact) mass is 474 g/mol. The summed E-state index contributed by atoms with van der Waals surface area (Å²) in [6.07, 6.45) is 3.69. The van der Waals surface area contributed by atoms with Gasteiger partial charge in [0.2, 0.25) is 10.0 Å². The summed E-state index contributed by atoms with van der Waals surface area (Å²) in [5.74, 6) is -0.551. The summed E-state index contributed by atoms with van der Waals surface area (Å²) in [4.78, 5) is 17.4. The van der Waals surface area contributed by atoms with Crippen molar-refractivity contribution in [2.24, 2.45) is 0 Å². The predicted molar refractivity (Wildman–Crippen MR) is 126 cm³/mol. The Morgan fingerprint density at radius 3 is 2.33 bits per heavy atom. The van der Waals surface area contributed by atoms with Crippen molar-refractivity contribution in [3.8, 4) is 0 Å². The number of amides is 1. The summed E-state index contributed by atoms with van der Waals surface area (Å²) in [6.45, 7) is 4.97. The Kier molecular flexibility index (Phi) is 7.62. The number of para-hydroxylation sites is 1. The molecule has 4 rings (SSSR count). The number of carbonyl (C=O) groups excluding carboxylic acids is 1. The zero-order valence-electron chi connectivity index (χ0n) is 18.7. The van der Waals surface area contributed by atoms with E-state index in [4.69, 9.17) is 0 Å². The zero-order chi connectivity index (χ0) is 23.3. The van der Waals surface area contributed by atoms with Gasteiger partial charge in [0.1, 0.15) is 5.82 Å². The molecule has 9 heteroatoms. The number of hydrogen-bond donors (Lipinski definition) is 2. The van der Waals surface area contributed by atoms with Gasteiger partial charge in [0, 0.05) is 37.9 Å². The van der Waals surface area contributed by atoms with Crippen molar-refractivity contribution in [2.45, 2.75) is 36.6 Å². The molecule has 33 heavy (non-hydrogen) atoms. The summed E-state index contributed by atoms with van der Waals surface area (Å²) >= 11 is 0. The second-order valence-corrected chi connectivity index (χ2v) is 10.4. The van der Waals surface area contributed by atoms with Gasteiger partial charge in [-0.25, -0.2) is 17.5 Å². The zero-order valence-corrected chi connectivity index (χ0v) is 19.5. The molecule has 2 saturated heterocycles. The highest BCUT2D eigenvalue weighted by Crippen LogP contribution is 2.25. The smallest absolute Gasteiger partial charge is 0.253 e. The van der Waals surface area contributed by atoms with Crippen molar-refractivity contribution in [1.82, 2.24) is 14.9 Å². The molecule has 2 fully saturated rings. The fraction of sp³-hybridized carbons (Fsp3) is 0.458. The van der Waals surface area contributed by atoms with Crippen LogP contribution >= 0.6 is 0 Å². The van der Waals surface area contributed by atoms with E-state index in [0.717, 1.165) is 37.5 Å². The van der Waals surface area contributed by atoms with E-state index in [1.165, 1.54) is 25.0 Å². The molecule has 2 aromatic carbocycles. The maximum absolute atomic E-state index is 13.1. The van der Waals surface area contributed by atoms with Gasteiger partial charge in [-0.05, 0) is 75.2 Å². The van der Waals surface area contributed by atoms with E-state index in [-0.39, 0.29) is 16.8 Å². The van der Waals surface area contributed by atoms with Gasteiger partial charge in [-0.2, -0.15) is 0 Å². The van der Waals surface area contributed by atoms with Crippen LogP contribution in [0.1, 0.15) is 36.0 Å². The molecule has 2 aliphatic heterocycles. The Bertz CT molecular complexity index is 1050. The summed E-state index contributed by atoms with van der Waals surface area (Å²) in [7, 11) is -3.70. The molecule has 0 radical (unpaired) electrons. The molecule has 178 valence electrons. The van der Waals surface area contributed by atoms with Gasteiger partial charge in [-0.3, -0.25) is 4.79 Å². The number of benzene rings is 2. The highest BCUT2D eigenvalue weighted by atomic mass is 32.2. The number of nitrogens with zero attached hydrogens (tertiary/aromatic N) is 2. The van der Waals surface area contributed by atoms with Crippen LogP contribution in [0.25, 0.3) is 0 Å². The molecule has 2 N–H and O–H groups in total. The van der Waals surface area contributed by atoms with Gasteiger partial charge in [-0.15, -0.1) is 0 Å². The number of hydrogen-bond acceptors (Lipinski definition) is 5. The normalized spacial score (nSPS) is 17.9. The summed E-state index contributed by atoms with van der Waals surface area (Å²) < 4.78 is 41.0. The lowest BCUT2D eigenvalue weighted by molar-refractivity contribution is 0.0950. The maximum Gasteiger partial charge on any atom is 0.253 e. The van der Waals surface area contributed by atoms with E-state index in [9.17, 15) is 17.6 Å². The SMILES string of the molecule is O=C(NCCN1CCCC1)c1ccccc1N1CCC(NS(=O)(=O)c2ccc(F)cc2)CC1. The summed E-state index contributed by atoms with van der Waals surface area (Å²) in [6, 6.07) is 12.2. The molecule has 0 aliphatic carbocycles. The molecule has 2 aromatic rings. The standard InChI is InChI=1S/C24H31FN4O3S/c25-19-7-9-21(10-8-19)33(31,32)27-20-11-16-29(17-12-20)23-6-2-1-5-22(23)24(30)26-13-18-28-14-3-4-15-28/h1-2,5-10,20,27H,3-4,11-18H2,(H,26,30). The van der Waals surface area contributed by atoms with Crippen LogP contribution in [0.5, 0.6) is 0 Å². The van der Waals surface area contributed by atoms with Crippen molar-refractivity contribution in [1.29, 1.82) is 0 Å². The van der Waals surface area contributed by atoms with Crippen LogP contribution in [-0.4, -0.2) is 64.5 Å². The molecule has 0 spiro atoms. The van der Waals surface area contributed by atoms with E-state index in [1.54, 1.807) is 0 Å². The van der Waals surface area contributed by atoms with Gasteiger partial charge in [0.05, 0.1) is 10.5 Å². The van der Waals surface area contributed by atoms with E-state index >= 15 is 0 Å². The second kappa shape index (κ2) is 10.6. The Morgan fingerprint density at radius 1 is 0.970 bits per heavy atom. The second-order valence-electron chi connectivity index (χ2n) is 8.66. The molecular formula is C24H31FN4O3S. The topological polar surface area (TPSA) is 81.8 Å². The molecule has 0 saturated carbocycles. The first kappa shape index (κ1) is 23.7. The van der Waals surface area contributed by atoms with Crippen LogP contribution in [0.15, 0.2) is 53.4 Å². The summed E-state index contributed by atoms with van der Waals surface area (Å²) in [5.41, 5.74) is 1.51. The third kappa shape index (κ3) is 6.10. The molecular weight excluding hydrogens is 443 g/mol. The van der Waals surface area contributed by atoms with Crippen molar-refractivity contribution in [2.75, 3.05) is 44.2 Å². The highest BCUT2D eigenvalue weighted by molar-refractivity contribution is 7.89. The quantitative estimate of drug-likeness (QED) is 0.615. The van der Waals surface area contributed by atoms with Crippen molar-refractivity contribution in [3.05, 3.63) is 59.9 Å². The van der Waals surface area contributed by atoms with E-state index < -0.39 is 15.8 Å². The number of halogens is 1. The summed E-state index contributed by atoms with van der Waals surface area (Å²) in [5, 5.41) is 3.04. The molecule has 0 unspecified atom stereocenters. The van der Waals surface area contributed by atoms with Crippen molar-refractivity contribution < 1.29 is 17.6 Å². The third-order valence-corrected chi connectivity index (χ3v) is 7.88. The molecule has 0 bridgehead atoms. The first-order valence-electron chi connectivity index (χ1n) is 11.5. The fourth-order valence-corrected chi connectivity index (χ4v) is 5.81. The van der Waals surface area contributed by atoms with E-state index in [1.807, 2.05) is 24.3 Å². The maximum atomic E-state index is 13.1. The first-order valence-corrected chi connectivity index (χ1v) is 13.0. The number of likely N-dealkylation sites (tertiary alicyclic amines) is 1. The molecule has 0 aromatic heterocycles. The number of carbonyl (C=O) groups is 1. The minimum atomic E-state index is -3.70. The van der Waals surface area contributed by atoms with Gasteiger partial charge < -0.3 is 15.1 Å². The largest absolute Gasteiger partial charge is 0.371 e. The minimum Gasteiger partial charge on any atom is -0.371 e.